The third-order valence-electron chi connectivity index (χ3n) is 7.57. The number of nitrogens with zero attached hydrogens (tertiary/aromatic N) is 4. The molecule has 3 aliphatic rings. The number of sulfonamides is 1. The molecule has 206 valence electrons. The normalized spacial score (nSPS) is 23.3. The Balaban J connectivity index is 1.71. The Kier molecular flexibility index (Phi) is 6.83. The monoisotopic (exact) mass is 554 g/mol. The number of aliphatic hydroxyl groups is 1. The molecule has 2 amide bonds. The van der Waals surface area contributed by atoms with Gasteiger partial charge in [0.15, 0.2) is 5.54 Å². The summed E-state index contributed by atoms with van der Waals surface area (Å²) in [4.78, 5) is 45.9. The summed E-state index contributed by atoms with van der Waals surface area (Å²) in [7, 11) is 0.455. The molecule has 1 N–H and O–H groups in total. The second-order valence-corrected chi connectivity index (χ2v) is 12.0. The standard InChI is InChI=1S/C27H30N4O7S/c1-28(2)39(36,37)19-8-6-7-18(17-19)23(32)22-24(33)25(34)31(12-11-30-13-15-38-16-14-30)27(22)20-9-4-5-10-21(20)29(3)26(27)35/h4-10,17,32H,11-16H2,1-3H3. The van der Waals surface area contributed by atoms with E-state index in [1.807, 2.05) is 0 Å². The van der Waals surface area contributed by atoms with Crippen molar-refractivity contribution in [3.05, 3.63) is 65.2 Å². The van der Waals surface area contributed by atoms with E-state index in [1.165, 1.54) is 48.2 Å². The first-order chi connectivity index (χ1) is 18.5. The summed E-state index contributed by atoms with van der Waals surface area (Å²) < 4.78 is 32.0. The van der Waals surface area contributed by atoms with Crippen molar-refractivity contribution in [3.8, 4) is 0 Å². The molecule has 1 spiro atoms. The summed E-state index contributed by atoms with van der Waals surface area (Å²) in [6.07, 6.45) is 0. The van der Waals surface area contributed by atoms with Crippen LogP contribution in [0.15, 0.2) is 59.0 Å². The van der Waals surface area contributed by atoms with Crippen LogP contribution >= 0.6 is 0 Å². The van der Waals surface area contributed by atoms with E-state index in [0.717, 1.165) is 4.31 Å². The lowest BCUT2D eigenvalue weighted by atomic mass is 9.82. The van der Waals surface area contributed by atoms with Crippen molar-refractivity contribution < 1.29 is 32.6 Å². The van der Waals surface area contributed by atoms with Crippen molar-refractivity contribution in [1.29, 1.82) is 0 Å². The van der Waals surface area contributed by atoms with Gasteiger partial charge in [0.05, 0.1) is 23.7 Å². The Morgan fingerprint density at radius 3 is 2.41 bits per heavy atom. The zero-order valence-corrected chi connectivity index (χ0v) is 22.8. The average molecular weight is 555 g/mol. The lowest BCUT2D eigenvalue weighted by Crippen LogP contribution is -2.53. The topological polar surface area (TPSA) is 128 Å². The minimum atomic E-state index is -3.86. The van der Waals surface area contributed by atoms with E-state index in [2.05, 4.69) is 4.90 Å². The minimum absolute atomic E-state index is 0.00307. The highest BCUT2D eigenvalue weighted by atomic mass is 32.2. The van der Waals surface area contributed by atoms with Crippen LogP contribution in [0.3, 0.4) is 0 Å². The van der Waals surface area contributed by atoms with E-state index in [4.69, 9.17) is 4.74 Å². The fraction of sp³-hybridized carbons (Fsp3) is 0.370. The van der Waals surface area contributed by atoms with Gasteiger partial charge in [0, 0.05) is 64.1 Å². The van der Waals surface area contributed by atoms with Gasteiger partial charge in [-0.1, -0.05) is 30.3 Å². The van der Waals surface area contributed by atoms with Gasteiger partial charge in [0.1, 0.15) is 5.76 Å². The zero-order chi connectivity index (χ0) is 28.1. The van der Waals surface area contributed by atoms with Crippen LogP contribution in [-0.4, -0.2) is 106 Å². The van der Waals surface area contributed by atoms with E-state index in [1.54, 1.807) is 31.3 Å². The molecule has 0 radical (unpaired) electrons. The quantitative estimate of drug-likeness (QED) is 0.316. The average Bonchev–Trinajstić information content (AvgIpc) is 3.30. The number of amides is 2. The molecule has 2 fully saturated rings. The van der Waals surface area contributed by atoms with E-state index >= 15 is 0 Å². The number of rotatable bonds is 6. The van der Waals surface area contributed by atoms with E-state index in [9.17, 15) is 27.9 Å². The molecule has 2 aromatic rings. The maximum Gasteiger partial charge on any atom is 0.296 e. The molecular weight excluding hydrogens is 524 g/mol. The fourth-order valence-electron chi connectivity index (χ4n) is 5.50. The third kappa shape index (κ3) is 4.06. The number of aliphatic hydroxyl groups excluding tert-OH is 1. The predicted molar refractivity (Wildman–Crippen MR) is 142 cm³/mol. The second-order valence-electron chi connectivity index (χ2n) is 9.87. The molecule has 0 aliphatic carbocycles. The van der Waals surface area contributed by atoms with Crippen molar-refractivity contribution in [2.75, 3.05) is 65.4 Å². The van der Waals surface area contributed by atoms with Crippen molar-refractivity contribution in [3.63, 3.8) is 0 Å². The number of benzene rings is 2. The largest absolute Gasteiger partial charge is 0.507 e. The molecule has 11 nitrogen and oxygen atoms in total. The Labute approximate surface area is 226 Å². The number of anilines is 1. The van der Waals surface area contributed by atoms with Crippen LogP contribution in [-0.2, 0) is 34.7 Å². The molecule has 5 rings (SSSR count). The second kappa shape index (κ2) is 9.87. The number of hydrogen-bond acceptors (Lipinski definition) is 8. The van der Waals surface area contributed by atoms with E-state index in [0.29, 0.717) is 44.1 Å². The Morgan fingerprint density at radius 2 is 1.72 bits per heavy atom. The first-order valence-corrected chi connectivity index (χ1v) is 14.0. The van der Waals surface area contributed by atoms with Crippen LogP contribution in [0.5, 0.6) is 0 Å². The molecule has 3 aliphatic heterocycles. The van der Waals surface area contributed by atoms with Crippen molar-refractivity contribution in [2.45, 2.75) is 10.4 Å². The molecule has 39 heavy (non-hydrogen) atoms. The van der Waals surface area contributed by atoms with Gasteiger partial charge in [-0.15, -0.1) is 0 Å². The number of Topliss-reactive ketones (excluding diaryl/α,β-unsaturated/α-hetero) is 1. The number of carbonyl (C=O) groups excluding carboxylic acids is 3. The van der Waals surface area contributed by atoms with Gasteiger partial charge < -0.3 is 19.6 Å². The van der Waals surface area contributed by atoms with Crippen LogP contribution in [0.2, 0.25) is 0 Å². The molecule has 2 saturated heterocycles. The van der Waals surface area contributed by atoms with Gasteiger partial charge in [-0.05, 0) is 18.2 Å². The summed E-state index contributed by atoms with van der Waals surface area (Å²) in [5.74, 6) is -3.07. The molecule has 1 unspecified atom stereocenters. The van der Waals surface area contributed by atoms with Crippen LogP contribution in [0.25, 0.3) is 5.76 Å². The van der Waals surface area contributed by atoms with Crippen LogP contribution in [0.1, 0.15) is 11.1 Å². The first-order valence-electron chi connectivity index (χ1n) is 12.5. The van der Waals surface area contributed by atoms with E-state index < -0.39 is 38.9 Å². The number of ether oxygens (including phenoxy) is 1. The lowest BCUT2D eigenvalue weighted by Gasteiger charge is -2.36. The van der Waals surface area contributed by atoms with Crippen molar-refractivity contribution in [2.24, 2.45) is 0 Å². The van der Waals surface area contributed by atoms with Gasteiger partial charge in [-0.3, -0.25) is 19.3 Å². The number of morpholine rings is 1. The Bertz CT molecular complexity index is 1500. The smallest absolute Gasteiger partial charge is 0.296 e. The number of carbonyl (C=O) groups is 3. The van der Waals surface area contributed by atoms with Gasteiger partial charge in [0.2, 0.25) is 10.0 Å². The van der Waals surface area contributed by atoms with Gasteiger partial charge in [-0.2, -0.15) is 0 Å². The van der Waals surface area contributed by atoms with E-state index in [-0.39, 0.29) is 22.6 Å². The number of hydrogen-bond donors (Lipinski definition) is 1. The highest BCUT2D eigenvalue weighted by molar-refractivity contribution is 7.89. The summed E-state index contributed by atoms with van der Waals surface area (Å²) in [5.41, 5.74) is -1.36. The molecule has 0 saturated carbocycles. The first kappa shape index (κ1) is 27.0. The number of likely N-dealkylation sites (N-methyl/N-ethyl adjacent to an activating group) is 1. The van der Waals surface area contributed by atoms with Crippen LogP contribution in [0, 0.1) is 0 Å². The number of fused-ring (bicyclic) bond motifs is 2. The Hall–Kier alpha value is -3.58. The van der Waals surface area contributed by atoms with Crippen LogP contribution in [0.4, 0.5) is 5.69 Å². The minimum Gasteiger partial charge on any atom is -0.507 e. The summed E-state index contributed by atoms with van der Waals surface area (Å²) in [6, 6.07) is 12.3. The number of ketones is 1. The van der Waals surface area contributed by atoms with Crippen molar-refractivity contribution in [1.82, 2.24) is 14.1 Å². The molecule has 0 aromatic heterocycles. The number of likely N-dealkylation sites (tertiary alicyclic amines) is 1. The molecule has 3 heterocycles. The van der Waals surface area contributed by atoms with Gasteiger partial charge >= 0.3 is 0 Å². The summed E-state index contributed by atoms with van der Waals surface area (Å²) in [6.45, 7) is 2.84. The molecule has 2 aromatic carbocycles. The predicted octanol–water partition coefficient (Wildman–Crippen LogP) is 0.821. The summed E-state index contributed by atoms with van der Waals surface area (Å²) in [5, 5.41) is 11.6. The maximum atomic E-state index is 14.1. The van der Waals surface area contributed by atoms with Gasteiger partial charge in [0.25, 0.3) is 17.6 Å². The third-order valence-corrected chi connectivity index (χ3v) is 9.38. The summed E-state index contributed by atoms with van der Waals surface area (Å²) >= 11 is 0. The molecule has 0 bridgehead atoms. The fourth-order valence-corrected chi connectivity index (χ4v) is 6.44. The lowest BCUT2D eigenvalue weighted by molar-refractivity contribution is -0.144. The van der Waals surface area contributed by atoms with Crippen LogP contribution < -0.4 is 4.90 Å². The maximum absolute atomic E-state index is 14.1. The molecule has 1 atom stereocenters. The zero-order valence-electron chi connectivity index (χ0n) is 22.0. The number of para-hydroxylation sites is 1. The van der Waals surface area contributed by atoms with Gasteiger partial charge in [-0.25, -0.2) is 12.7 Å². The molecular formula is C27H30N4O7S. The molecule has 12 heteroatoms. The highest BCUT2D eigenvalue weighted by Gasteiger charge is 2.66. The SMILES string of the molecule is CN1C(=O)C2(C(=C(O)c3cccc(S(=O)(=O)N(C)C)c3)C(=O)C(=O)N2CCN2CCOCC2)c2ccccc21. The highest BCUT2D eigenvalue weighted by Crippen LogP contribution is 2.53. The van der Waals surface area contributed by atoms with Crippen molar-refractivity contribution >= 4 is 39.1 Å². The Morgan fingerprint density at radius 1 is 1.03 bits per heavy atom.